The average Bonchev–Trinajstić information content (AvgIpc) is 2.67. The Morgan fingerprint density at radius 3 is 2.36 bits per heavy atom. The van der Waals surface area contributed by atoms with Gasteiger partial charge in [0.05, 0.1) is 4.90 Å². The molecule has 2 aliphatic carbocycles. The van der Waals surface area contributed by atoms with Gasteiger partial charge in [-0.05, 0) is 25.0 Å². The van der Waals surface area contributed by atoms with E-state index in [1.165, 1.54) is 0 Å². The number of alkyl halides is 5. The molecule has 0 heterocycles. The van der Waals surface area contributed by atoms with Gasteiger partial charge < -0.3 is 15.6 Å². The highest BCUT2D eigenvalue weighted by atomic mass is 32.2. The van der Waals surface area contributed by atoms with Gasteiger partial charge in [0.25, 0.3) is 15.8 Å². The fourth-order valence-electron chi connectivity index (χ4n) is 3.00. The summed E-state index contributed by atoms with van der Waals surface area (Å²) in [7, 11) is -5.90. The van der Waals surface area contributed by atoms with Crippen LogP contribution in [0.1, 0.15) is 30.1 Å². The molecule has 0 radical (unpaired) electrons. The summed E-state index contributed by atoms with van der Waals surface area (Å²) in [5, 5.41) is 9.73. The fourth-order valence-corrected chi connectivity index (χ4v) is 4.02. The second-order valence-corrected chi connectivity index (χ2v) is 8.12. The summed E-state index contributed by atoms with van der Waals surface area (Å²) < 4.78 is 95.0. The molecule has 3 rings (SSSR count). The van der Waals surface area contributed by atoms with E-state index in [-0.39, 0.29) is 11.8 Å². The number of hydrogen-bond donors (Lipinski definition) is 2. The van der Waals surface area contributed by atoms with Crippen molar-refractivity contribution in [3.05, 3.63) is 23.3 Å². The summed E-state index contributed by atoms with van der Waals surface area (Å²) in [6.45, 7) is 0. The summed E-state index contributed by atoms with van der Waals surface area (Å²) in [5.74, 6) is -3.96. The Kier molecular flexibility index (Phi) is 4.05. The predicted octanol–water partition coefficient (Wildman–Crippen LogP) is 2.07. The topological polar surface area (TPSA) is 89.6 Å². The lowest BCUT2D eigenvalue weighted by Crippen LogP contribution is -2.43. The molecule has 5 nitrogen and oxygen atoms in total. The first-order valence-corrected chi connectivity index (χ1v) is 8.78. The van der Waals surface area contributed by atoms with E-state index in [9.17, 15) is 35.5 Å². The van der Waals surface area contributed by atoms with Gasteiger partial charge in [0.1, 0.15) is 18.0 Å². The molecule has 0 amide bonds. The molecule has 0 unspecified atom stereocenters. The number of benzene rings is 1. The molecular weight excluding hydrogens is 373 g/mol. The number of halogens is 5. The number of aliphatic hydroxyl groups excluding tert-OH is 1. The van der Waals surface area contributed by atoms with Gasteiger partial charge in [0, 0.05) is 23.6 Å². The zero-order valence-electron chi connectivity index (χ0n) is 12.6. The highest BCUT2D eigenvalue weighted by Gasteiger charge is 2.55. The van der Waals surface area contributed by atoms with Crippen LogP contribution in [0.25, 0.3) is 0 Å². The first-order valence-electron chi connectivity index (χ1n) is 7.30. The molecule has 0 bridgehead atoms. The molecule has 140 valence electrons. The second kappa shape index (κ2) is 5.52. The summed E-state index contributed by atoms with van der Waals surface area (Å²) in [6.07, 6.45) is -3.29. The first-order chi connectivity index (χ1) is 11.3. The monoisotopic (exact) mass is 387 g/mol. The molecule has 0 aromatic heterocycles. The maximum atomic E-state index is 13.9. The molecule has 11 heteroatoms. The number of rotatable bonds is 3. The number of fused-ring (bicyclic) bond motifs is 1. The number of aliphatic hydroxyl groups is 1. The minimum Gasteiger partial charge on any atom is -0.490 e. The van der Waals surface area contributed by atoms with E-state index in [4.69, 9.17) is 10.5 Å². The number of hydrogen-bond acceptors (Lipinski definition) is 5. The minimum atomic E-state index is -5.90. The fraction of sp³-hybridized carbons (Fsp3) is 0.571. The van der Waals surface area contributed by atoms with Crippen LogP contribution in [0.15, 0.2) is 17.0 Å². The van der Waals surface area contributed by atoms with Crippen LogP contribution in [0, 0.1) is 0 Å². The summed E-state index contributed by atoms with van der Waals surface area (Å²) >= 11 is 0. The van der Waals surface area contributed by atoms with Crippen LogP contribution >= 0.6 is 0 Å². The zero-order chi connectivity index (χ0) is 18.8. The van der Waals surface area contributed by atoms with E-state index >= 15 is 0 Å². The van der Waals surface area contributed by atoms with E-state index in [1.807, 2.05) is 0 Å². The molecule has 3 N–H and O–H groups in total. The summed E-state index contributed by atoms with van der Waals surface area (Å²) in [6, 6.07) is 1.34. The van der Waals surface area contributed by atoms with Crippen molar-refractivity contribution >= 4 is 9.84 Å². The van der Waals surface area contributed by atoms with Gasteiger partial charge in [-0.3, -0.25) is 0 Å². The lowest BCUT2D eigenvalue weighted by atomic mass is 9.90. The molecule has 0 spiro atoms. The van der Waals surface area contributed by atoms with Gasteiger partial charge in [-0.1, -0.05) is 0 Å². The van der Waals surface area contributed by atoms with Gasteiger partial charge >= 0.3 is 5.51 Å². The molecule has 1 fully saturated rings. The lowest BCUT2D eigenvalue weighted by molar-refractivity contribution is -0.0979. The van der Waals surface area contributed by atoms with Crippen LogP contribution in [-0.2, 0) is 16.3 Å². The van der Waals surface area contributed by atoms with Crippen LogP contribution in [0.4, 0.5) is 22.0 Å². The van der Waals surface area contributed by atoms with Crippen LogP contribution in [-0.4, -0.2) is 37.1 Å². The maximum absolute atomic E-state index is 13.9. The van der Waals surface area contributed by atoms with Gasteiger partial charge in [-0.2, -0.15) is 13.2 Å². The van der Waals surface area contributed by atoms with Crippen molar-refractivity contribution in [2.75, 3.05) is 0 Å². The van der Waals surface area contributed by atoms with Crippen LogP contribution in [0.3, 0.4) is 0 Å². The van der Waals surface area contributed by atoms with Gasteiger partial charge in [0.2, 0.25) is 0 Å². The summed E-state index contributed by atoms with van der Waals surface area (Å²) in [5.41, 5.74) is -1.48. The maximum Gasteiger partial charge on any atom is 0.501 e. The molecule has 25 heavy (non-hydrogen) atoms. The minimum absolute atomic E-state index is 0.116. The van der Waals surface area contributed by atoms with Gasteiger partial charge in [-0.15, -0.1) is 0 Å². The number of nitrogens with two attached hydrogens (primary N) is 1. The normalized spacial score (nSPS) is 28.4. The third-order valence-electron chi connectivity index (χ3n) is 4.38. The largest absolute Gasteiger partial charge is 0.501 e. The van der Waals surface area contributed by atoms with E-state index in [0.29, 0.717) is 18.9 Å². The quantitative estimate of drug-likeness (QED) is 0.776. The number of ether oxygens (including phenoxy) is 1. The Bertz CT molecular complexity index is 802. The second-order valence-electron chi connectivity index (χ2n) is 6.21. The Morgan fingerprint density at radius 2 is 1.84 bits per heavy atom. The lowest BCUT2D eigenvalue weighted by Gasteiger charge is -2.33. The van der Waals surface area contributed by atoms with Crippen molar-refractivity contribution in [3.8, 4) is 5.75 Å². The third-order valence-corrected chi connectivity index (χ3v) is 5.92. The highest BCUT2D eigenvalue weighted by Crippen LogP contribution is 2.50. The standard InChI is InChI=1S/C14H14F5NO4S/c15-13(16)5-8-9(24-7-3-6(20)4-7)1-2-10(11(8)12(13)21)25(22,23)14(17,18)19/h1-2,6-7,12,21H,3-5,20H2/t6-,7+,12-/m0/s1. The molecule has 0 saturated heterocycles. The van der Waals surface area contributed by atoms with Gasteiger partial charge in [-0.25, -0.2) is 17.2 Å². The van der Waals surface area contributed by atoms with Crippen molar-refractivity contribution < 1.29 is 40.2 Å². The predicted molar refractivity (Wildman–Crippen MR) is 74.9 cm³/mol. The Hall–Kier alpha value is -1.46. The number of sulfone groups is 1. The Labute approximate surface area is 139 Å². The molecule has 1 aromatic carbocycles. The zero-order valence-corrected chi connectivity index (χ0v) is 13.4. The van der Waals surface area contributed by atoms with Crippen molar-refractivity contribution in [1.82, 2.24) is 0 Å². The molecular formula is C14H14F5NO4S. The molecule has 1 aromatic rings. The SMILES string of the molecule is N[C@H]1C[C@@H](Oc2ccc(S(=O)(=O)C(F)(F)F)c3c2CC(F)(F)[C@H]3O)C1. The van der Waals surface area contributed by atoms with Gasteiger partial charge in [0.15, 0.2) is 0 Å². The Balaban J connectivity index is 2.11. The highest BCUT2D eigenvalue weighted by molar-refractivity contribution is 7.92. The Morgan fingerprint density at radius 1 is 1.24 bits per heavy atom. The first kappa shape index (κ1) is 18.3. The van der Waals surface area contributed by atoms with Crippen LogP contribution in [0.2, 0.25) is 0 Å². The third kappa shape index (κ3) is 2.87. The van der Waals surface area contributed by atoms with Crippen molar-refractivity contribution in [2.24, 2.45) is 5.73 Å². The van der Waals surface area contributed by atoms with Crippen LogP contribution < -0.4 is 10.5 Å². The van der Waals surface area contributed by atoms with E-state index in [0.717, 1.165) is 6.07 Å². The molecule has 1 saturated carbocycles. The van der Waals surface area contributed by atoms with Crippen molar-refractivity contribution in [3.63, 3.8) is 0 Å². The average molecular weight is 387 g/mol. The molecule has 2 aliphatic rings. The molecule has 0 aliphatic heterocycles. The summed E-state index contributed by atoms with van der Waals surface area (Å²) in [4.78, 5) is -1.38. The van der Waals surface area contributed by atoms with E-state index in [1.54, 1.807) is 0 Å². The van der Waals surface area contributed by atoms with Crippen LogP contribution in [0.5, 0.6) is 5.75 Å². The van der Waals surface area contributed by atoms with Crippen molar-refractivity contribution in [1.29, 1.82) is 0 Å². The van der Waals surface area contributed by atoms with E-state index in [2.05, 4.69) is 0 Å². The smallest absolute Gasteiger partial charge is 0.490 e. The van der Waals surface area contributed by atoms with Crippen molar-refractivity contribution in [2.45, 2.75) is 53.8 Å². The van der Waals surface area contributed by atoms with E-state index < -0.39 is 55.9 Å². The molecule has 1 atom stereocenters.